The van der Waals surface area contributed by atoms with Crippen molar-refractivity contribution >= 4 is 17.5 Å². The molecule has 0 spiro atoms. The number of nitrogens with one attached hydrogen (secondary N) is 1. The van der Waals surface area contributed by atoms with E-state index in [9.17, 15) is 9.59 Å². The zero-order valence-corrected chi connectivity index (χ0v) is 17.6. The zero-order valence-electron chi connectivity index (χ0n) is 17.6. The molecule has 1 fully saturated rings. The summed E-state index contributed by atoms with van der Waals surface area (Å²) in [6, 6.07) is 5.73. The maximum absolute atomic E-state index is 12.9. The Morgan fingerprint density at radius 1 is 1.00 bits per heavy atom. The molecule has 0 saturated heterocycles. The highest BCUT2D eigenvalue weighted by atomic mass is 16.6. The van der Waals surface area contributed by atoms with Gasteiger partial charge in [-0.1, -0.05) is 26.2 Å². The van der Waals surface area contributed by atoms with Crippen LogP contribution in [0.25, 0.3) is 0 Å². The van der Waals surface area contributed by atoms with Crippen LogP contribution in [0.1, 0.15) is 46.0 Å². The van der Waals surface area contributed by atoms with Crippen LogP contribution < -0.4 is 14.8 Å². The molecule has 1 saturated carbocycles. The number of carbonyl (C=O) groups excluding carboxylic acids is 2. The smallest absolute Gasteiger partial charge is 0.238 e. The lowest BCUT2D eigenvalue weighted by Gasteiger charge is -2.35. The number of anilines is 1. The van der Waals surface area contributed by atoms with Gasteiger partial charge in [0.25, 0.3) is 0 Å². The van der Waals surface area contributed by atoms with E-state index < -0.39 is 0 Å². The van der Waals surface area contributed by atoms with Crippen LogP contribution in [0.4, 0.5) is 5.69 Å². The topological polar surface area (TPSA) is 71.1 Å². The average molecular weight is 404 g/mol. The fourth-order valence-corrected chi connectivity index (χ4v) is 4.12. The molecule has 1 aromatic rings. The average Bonchev–Trinajstić information content (AvgIpc) is 2.74. The van der Waals surface area contributed by atoms with Gasteiger partial charge in [0.1, 0.15) is 13.2 Å². The van der Waals surface area contributed by atoms with Crippen molar-refractivity contribution in [2.75, 3.05) is 44.7 Å². The number of hydrogen-bond donors (Lipinski definition) is 1. The van der Waals surface area contributed by atoms with Crippen molar-refractivity contribution in [3.05, 3.63) is 18.2 Å². The second kappa shape index (κ2) is 10.5. The van der Waals surface area contributed by atoms with E-state index in [0.717, 1.165) is 19.4 Å². The highest BCUT2D eigenvalue weighted by Crippen LogP contribution is 2.32. The first-order chi connectivity index (χ1) is 14.1. The highest BCUT2D eigenvalue weighted by molar-refractivity contribution is 5.93. The van der Waals surface area contributed by atoms with Gasteiger partial charge in [-0.25, -0.2) is 0 Å². The van der Waals surface area contributed by atoms with Gasteiger partial charge in [0.2, 0.25) is 11.8 Å². The predicted octanol–water partition coefficient (Wildman–Crippen LogP) is 2.90. The monoisotopic (exact) mass is 403 g/mol. The third kappa shape index (κ3) is 5.85. The van der Waals surface area contributed by atoms with Crippen LogP contribution in [-0.2, 0) is 9.59 Å². The molecule has 1 aliphatic heterocycles. The van der Waals surface area contributed by atoms with Crippen molar-refractivity contribution in [2.45, 2.75) is 52.0 Å². The van der Waals surface area contributed by atoms with Crippen LogP contribution >= 0.6 is 0 Å². The van der Waals surface area contributed by atoms with E-state index in [1.54, 1.807) is 18.2 Å². The lowest BCUT2D eigenvalue weighted by atomic mass is 9.94. The number of rotatable bonds is 8. The quantitative estimate of drug-likeness (QED) is 0.723. The predicted molar refractivity (Wildman–Crippen MR) is 112 cm³/mol. The van der Waals surface area contributed by atoms with Crippen molar-refractivity contribution in [2.24, 2.45) is 0 Å². The number of ether oxygens (including phenoxy) is 2. The van der Waals surface area contributed by atoms with Gasteiger partial charge in [-0.2, -0.15) is 0 Å². The van der Waals surface area contributed by atoms with Gasteiger partial charge < -0.3 is 19.7 Å². The summed E-state index contributed by atoms with van der Waals surface area (Å²) in [5.74, 6) is 1.31. The van der Waals surface area contributed by atoms with Gasteiger partial charge in [0, 0.05) is 24.3 Å². The SMILES string of the molecule is CCN(CC(=O)Nc1ccc2c(c1)OCCO2)CC(=O)N(CC)C1CCCCC1. The normalized spacial score (nSPS) is 16.5. The minimum atomic E-state index is -0.142. The molecule has 0 atom stereocenters. The van der Waals surface area contributed by atoms with E-state index in [4.69, 9.17) is 9.47 Å². The maximum Gasteiger partial charge on any atom is 0.238 e. The molecule has 0 unspecified atom stereocenters. The Balaban J connectivity index is 1.53. The van der Waals surface area contributed by atoms with Gasteiger partial charge in [-0.15, -0.1) is 0 Å². The van der Waals surface area contributed by atoms with E-state index in [2.05, 4.69) is 5.32 Å². The molecule has 3 rings (SSSR count). The van der Waals surface area contributed by atoms with Crippen molar-refractivity contribution in [3.63, 3.8) is 0 Å². The summed E-state index contributed by atoms with van der Waals surface area (Å²) in [6.45, 7) is 6.87. The van der Waals surface area contributed by atoms with Gasteiger partial charge in [-0.05, 0) is 38.4 Å². The summed E-state index contributed by atoms with van der Waals surface area (Å²) in [4.78, 5) is 29.3. The number of benzene rings is 1. The van der Waals surface area contributed by atoms with Gasteiger partial charge in [0.15, 0.2) is 11.5 Å². The Morgan fingerprint density at radius 2 is 1.72 bits per heavy atom. The molecule has 1 aromatic carbocycles. The summed E-state index contributed by atoms with van der Waals surface area (Å²) in [5.41, 5.74) is 0.666. The Labute approximate surface area is 173 Å². The molecule has 0 aromatic heterocycles. The van der Waals surface area contributed by atoms with Crippen molar-refractivity contribution in [1.29, 1.82) is 0 Å². The number of nitrogens with zero attached hydrogens (tertiary/aromatic N) is 2. The lowest BCUT2D eigenvalue weighted by molar-refractivity contribution is -0.135. The van der Waals surface area contributed by atoms with Gasteiger partial charge in [-0.3, -0.25) is 14.5 Å². The van der Waals surface area contributed by atoms with E-state index in [0.29, 0.717) is 43.0 Å². The Morgan fingerprint density at radius 3 is 2.41 bits per heavy atom. The van der Waals surface area contributed by atoms with Crippen molar-refractivity contribution < 1.29 is 19.1 Å². The van der Waals surface area contributed by atoms with Crippen LogP contribution in [0.2, 0.25) is 0 Å². The number of fused-ring (bicyclic) bond motifs is 1. The Kier molecular flexibility index (Phi) is 7.75. The van der Waals surface area contributed by atoms with E-state index >= 15 is 0 Å². The molecule has 7 nitrogen and oxygen atoms in total. The summed E-state index contributed by atoms with van der Waals surface area (Å²) in [7, 11) is 0. The highest BCUT2D eigenvalue weighted by Gasteiger charge is 2.25. The standard InChI is InChI=1S/C22H33N3O4/c1-3-24(16-22(27)25(4-2)18-8-6-5-7-9-18)15-21(26)23-17-10-11-19-20(14-17)29-13-12-28-19/h10-11,14,18H,3-9,12-13,15-16H2,1-2H3,(H,23,26). The molecule has 0 bridgehead atoms. The van der Waals surface area contributed by atoms with Crippen molar-refractivity contribution in [3.8, 4) is 11.5 Å². The van der Waals surface area contributed by atoms with E-state index in [1.165, 1.54) is 19.3 Å². The van der Waals surface area contributed by atoms with E-state index in [-0.39, 0.29) is 24.9 Å². The minimum Gasteiger partial charge on any atom is -0.486 e. The van der Waals surface area contributed by atoms with Crippen LogP contribution in [-0.4, -0.2) is 67.0 Å². The van der Waals surface area contributed by atoms with Crippen LogP contribution in [0, 0.1) is 0 Å². The molecule has 160 valence electrons. The van der Waals surface area contributed by atoms with Crippen LogP contribution in [0.3, 0.4) is 0 Å². The van der Waals surface area contributed by atoms with E-state index in [1.807, 2.05) is 23.6 Å². The fourth-order valence-electron chi connectivity index (χ4n) is 4.12. The number of hydrogen-bond acceptors (Lipinski definition) is 5. The largest absolute Gasteiger partial charge is 0.486 e. The Hall–Kier alpha value is -2.28. The third-order valence-electron chi connectivity index (χ3n) is 5.68. The first kappa shape index (κ1) is 21.4. The summed E-state index contributed by atoms with van der Waals surface area (Å²) in [5, 5.41) is 2.90. The van der Waals surface area contributed by atoms with Crippen LogP contribution in [0.5, 0.6) is 11.5 Å². The fraction of sp³-hybridized carbons (Fsp3) is 0.636. The number of likely N-dealkylation sites (N-methyl/N-ethyl adjacent to an activating group) is 2. The summed E-state index contributed by atoms with van der Waals surface area (Å²) in [6.07, 6.45) is 5.85. The molecule has 2 aliphatic rings. The molecule has 29 heavy (non-hydrogen) atoms. The van der Waals surface area contributed by atoms with Gasteiger partial charge in [0.05, 0.1) is 13.1 Å². The molecule has 7 heteroatoms. The maximum atomic E-state index is 12.9. The number of amides is 2. The van der Waals surface area contributed by atoms with Crippen LogP contribution in [0.15, 0.2) is 18.2 Å². The summed E-state index contributed by atoms with van der Waals surface area (Å²) < 4.78 is 11.1. The van der Waals surface area contributed by atoms with Crippen molar-refractivity contribution in [1.82, 2.24) is 9.80 Å². The second-order valence-corrected chi connectivity index (χ2v) is 7.68. The lowest BCUT2D eigenvalue weighted by Crippen LogP contribution is -2.47. The third-order valence-corrected chi connectivity index (χ3v) is 5.68. The molecule has 0 radical (unpaired) electrons. The Bertz CT molecular complexity index is 703. The molecule has 1 heterocycles. The molecule has 1 aliphatic carbocycles. The minimum absolute atomic E-state index is 0.119. The first-order valence-corrected chi connectivity index (χ1v) is 10.8. The first-order valence-electron chi connectivity index (χ1n) is 10.8. The zero-order chi connectivity index (χ0) is 20.6. The molecule has 1 N–H and O–H groups in total. The number of carbonyl (C=O) groups is 2. The second-order valence-electron chi connectivity index (χ2n) is 7.68. The van der Waals surface area contributed by atoms with Gasteiger partial charge >= 0.3 is 0 Å². The summed E-state index contributed by atoms with van der Waals surface area (Å²) >= 11 is 0. The molecular formula is C22H33N3O4. The molecular weight excluding hydrogens is 370 g/mol. The molecule has 2 amide bonds.